The fourth-order valence-electron chi connectivity index (χ4n) is 1.37. The molecule has 4 nitrogen and oxygen atoms in total. The van der Waals surface area contributed by atoms with Gasteiger partial charge in [-0.25, -0.2) is 4.98 Å². The van der Waals surface area contributed by atoms with Gasteiger partial charge in [0.1, 0.15) is 5.82 Å². The molecular weight excluding hydrogens is 214 g/mol. The molecule has 0 radical (unpaired) electrons. The highest BCUT2D eigenvalue weighted by Crippen LogP contribution is 2.15. The Morgan fingerprint density at radius 1 is 1.35 bits per heavy atom. The fraction of sp³-hybridized carbons (Fsp3) is 0.615. The first-order valence-corrected chi connectivity index (χ1v) is 5.87. The summed E-state index contributed by atoms with van der Waals surface area (Å²) in [5.74, 6) is 0.966. The van der Waals surface area contributed by atoms with E-state index in [1.807, 2.05) is 37.3 Å². The topological polar surface area (TPSA) is 37.4 Å². The average molecular weight is 237 g/mol. The molecule has 0 atom stereocenters. The molecule has 0 bridgehead atoms. The van der Waals surface area contributed by atoms with Crippen LogP contribution in [-0.2, 0) is 4.74 Å². The molecule has 0 saturated carbocycles. The molecule has 0 aliphatic rings. The van der Waals surface area contributed by atoms with E-state index in [-0.39, 0.29) is 5.60 Å². The Hall–Kier alpha value is -1.29. The Labute approximate surface area is 104 Å². The van der Waals surface area contributed by atoms with Crippen molar-refractivity contribution in [1.82, 2.24) is 4.98 Å². The van der Waals surface area contributed by atoms with Crippen LogP contribution in [0, 0.1) is 0 Å². The first kappa shape index (κ1) is 13.8. The number of hydrogen-bond acceptors (Lipinski definition) is 4. The Kier molecular flexibility index (Phi) is 4.75. The predicted molar refractivity (Wildman–Crippen MR) is 72.8 cm³/mol. The van der Waals surface area contributed by atoms with Crippen molar-refractivity contribution in [3.05, 3.63) is 18.3 Å². The lowest BCUT2D eigenvalue weighted by Crippen LogP contribution is -2.25. The quantitative estimate of drug-likeness (QED) is 0.824. The summed E-state index contributed by atoms with van der Waals surface area (Å²) in [4.78, 5) is 6.33. The molecule has 0 aromatic carbocycles. The molecule has 1 N–H and O–H groups in total. The van der Waals surface area contributed by atoms with Crippen LogP contribution in [0.25, 0.3) is 0 Å². The van der Waals surface area contributed by atoms with Gasteiger partial charge >= 0.3 is 0 Å². The smallest absolute Gasteiger partial charge is 0.128 e. The van der Waals surface area contributed by atoms with E-state index in [0.717, 1.165) is 24.5 Å². The molecule has 0 saturated heterocycles. The third-order valence-electron chi connectivity index (χ3n) is 2.81. The summed E-state index contributed by atoms with van der Waals surface area (Å²) in [7, 11) is 5.71. The summed E-state index contributed by atoms with van der Waals surface area (Å²) in [5, 5.41) is 3.34. The van der Waals surface area contributed by atoms with Gasteiger partial charge in [0.25, 0.3) is 0 Å². The highest BCUT2D eigenvalue weighted by atomic mass is 16.5. The van der Waals surface area contributed by atoms with Crippen LogP contribution in [0.5, 0.6) is 0 Å². The van der Waals surface area contributed by atoms with E-state index in [4.69, 9.17) is 4.74 Å². The fourth-order valence-corrected chi connectivity index (χ4v) is 1.37. The summed E-state index contributed by atoms with van der Waals surface area (Å²) in [5.41, 5.74) is 0.965. The number of pyridine rings is 1. The van der Waals surface area contributed by atoms with E-state index in [1.54, 1.807) is 7.11 Å². The zero-order chi connectivity index (χ0) is 12.9. The molecular formula is C13H23N3O. The van der Waals surface area contributed by atoms with E-state index >= 15 is 0 Å². The molecule has 1 heterocycles. The average Bonchev–Trinajstić information content (AvgIpc) is 2.29. The summed E-state index contributed by atoms with van der Waals surface area (Å²) in [6.07, 6.45) is 2.81. The second-order valence-corrected chi connectivity index (χ2v) is 4.94. The van der Waals surface area contributed by atoms with E-state index in [0.29, 0.717) is 0 Å². The van der Waals surface area contributed by atoms with Crippen molar-refractivity contribution in [1.29, 1.82) is 0 Å². The van der Waals surface area contributed by atoms with Gasteiger partial charge < -0.3 is 15.0 Å². The third-order valence-corrected chi connectivity index (χ3v) is 2.81. The maximum absolute atomic E-state index is 5.36. The largest absolute Gasteiger partial charge is 0.384 e. The molecule has 0 aliphatic heterocycles. The lowest BCUT2D eigenvalue weighted by atomic mass is 10.1. The number of nitrogens with one attached hydrogen (secondary N) is 1. The zero-order valence-corrected chi connectivity index (χ0v) is 11.4. The zero-order valence-electron chi connectivity index (χ0n) is 11.4. The maximum atomic E-state index is 5.36. The third kappa shape index (κ3) is 4.61. The monoisotopic (exact) mass is 237 g/mol. The second kappa shape index (κ2) is 5.87. The summed E-state index contributed by atoms with van der Waals surface area (Å²) in [6.45, 7) is 5.05. The van der Waals surface area contributed by atoms with Gasteiger partial charge in [0, 0.05) is 27.7 Å². The first-order valence-electron chi connectivity index (χ1n) is 5.87. The SMILES string of the molecule is COC(C)(C)CCNc1ccc(N(C)C)nc1. The lowest BCUT2D eigenvalue weighted by molar-refractivity contribution is 0.0185. The van der Waals surface area contributed by atoms with Crippen molar-refractivity contribution in [2.75, 3.05) is 38.0 Å². The normalized spacial score (nSPS) is 11.4. The van der Waals surface area contributed by atoms with Crippen molar-refractivity contribution in [3.63, 3.8) is 0 Å². The highest BCUT2D eigenvalue weighted by Gasteiger charge is 2.15. The molecule has 17 heavy (non-hydrogen) atoms. The van der Waals surface area contributed by atoms with Crippen molar-refractivity contribution in [3.8, 4) is 0 Å². The summed E-state index contributed by atoms with van der Waals surface area (Å²) in [6, 6.07) is 4.05. The lowest BCUT2D eigenvalue weighted by Gasteiger charge is -2.23. The number of methoxy groups -OCH3 is 1. The van der Waals surface area contributed by atoms with Crippen LogP contribution >= 0.6 is 0 Å². The molecule has 0 aliphatic carbocycles. The molecule has 1 rings (SSSR count). The molecule has 0 unspecified atom stereocenters. The van der Waals surface area contributed by atoms with E-state index in [1.165, 1.54) is 0 Å². The Bertz CT molecular complexity index is 333. The van der Waals surface area contributed by atoms with Crippen LogP contribution in [0.3, 0.4) is 0 Å². The van der Waals surface area contributed by atoms with Crippen LogP contribution in [0.1, 0.15) is 20.3 Å². The maximum Gasteiger partial charge on any atom is 0.128 e. The number of nitrogens with zero attached hydrogens (tertiary/aromatic N) is 2. The van der Waals surface area contributed by atoms with E-state index < -0.39 is 0 Å². The first-order chi connectivity index (χ1) is 7.94. The Morgan fingerprint density at radius 2 is 2.06 bits per heavy atom. The van der Waals surface area contributed by atoms with Gasteiger partial charge in [-0.05, 0) is 32.4 Å². The van der Waals surface area contributed by atoms with Crippen molar-refractivity contribution in [2.45, 2.75) is 25.9 Å². The molecule has 0 spiro atoms. The second-order valence-electron chi connectivity index (χ2n) is 4.94. The number of anilines is 2. The number of aromatic nitrogens is 1. The van der Waals surface area contributed by atoms with Crippen molar-refractivity contribution < 1.29 is 4.74 Å². The van der Waals surface area contributed by atoms with Gasteiger partial charge in [-0.15, -0.1) is 0 Å². The number of ether oxygens (including phenoxy) is 1. The van der Waals surface area contributed by atoms with Crippen LogP contribution in [-0.4, -0.2) is 38.3 Å². The van der Waals surface area contributed by atoms with Gasteiger partial charge in [-0.1, -0.05) is 0 Å². The van der Waals surface area contributed by atoms with Crippen LogP contribution in [0.4, 0.5) is 11.5 Å². The van der Waals surface area contributed by atoms with E-state index in [9.17, 15) is 0 Å². The molecule has 96 valence electrons. The Morgan fingerprint density at radius 3 is 2.53 bits per heavy atom. The van der Waals surface area contributed by atoms with E-state index in [2.05, 4.69) is 24.1 Å². The number of hydrogen-bond donors (Lipinski definition) is 1. The van der Waals surface area contributed by atoms with Gasteiger partial charge in [-0.3, -0.25) is 0 Å². The minimum absolute atomic E-state index is 0.0794. The summed E-state index contributed by atoms with van der Waals surface area (Å²) < 4.78 is 5.36. The standard InChI is InChI=1S/C13H23N3O/c1-13(2,17-5)8-9-14-11-6-7-12(15-10-11)16(3)4/h6-7,10,14H,8-9H2,1-5H3. The molecule has 1 aromatic rings. The molecule has 0 amide bonds. The Balaban J connectivity index is 2.42. The van der Waals surface area contributed by atoms with Gasteiger partial charge in [0.2, 0.25) is 0 Å². The predicted octanol–water partition coefficient (Wildman–Crippen LogP) is 2.37. The molecule has 1 aromatic heterocycles. The molecule has 0 fully saturated rings. The van der Waals surface area contributed by atoms with Crippen LogP contribution in [0.2, 0.25) is 0 Å². The summed E-state index contributed by atoms with van der Waals surface area (Å²) >= 11 is 0. The van der Waals surface area contributed by atoms with Crippen molar-refractivity contribution >= 4 is 11.5 Å². The molecule has 4 heteroatoms. The van der Waals surface area contributed by atoms with Crippen molar-refractivity contribution in [2.24, 2.45) is 0 Å². The van der Waals surface area contributed by atoms with Gasteiger partial charge in [0.05, 0.1) is 17.5 Å². The minimum atomic E-state index is -0.0794. The van der Waals surface area contributed by atoms with Crippen LogP contribution in [0.15, 0.2) is 18.3 Å². The van der Waals surface area contributed by atoms with Crippen LogP contribution < -0.4 is 10.2 Å². The minimum Gasteiger partial charge on any atom is -0.384 e. The number of rotatable bonds is 6. The van der Waals surface area contributed by atoms with Gasteiger partial charge in [0.15, 0.2) is 0 Å². The van der Waals surface area contributed by atoms with Gasteiger partial charge in [-0.2, -0.15) is 0 Å². The highest BCUT2D eigenvalue weighted by molar-refractivity contribution is 5.47.